The Morgan fingerprint density at radius 2 is 2.32 bits per heavy atom. The molecule has 1 aliphatic carbocycles. The van der Waals surface area contributed by atoms with Crippen LogP contribution in [0.4, 0.5) is 17.5 Å². The molecule has 1 unspecified atom stereocenters. The smallest absolute Gasteiger partial charge is 0.223 e. The van der Waals surface area contributed by atoms with Gasteiger partial charge in [0.1, 0.15) is 5.69 Å². The fourth-order valence-electron chi connectivity index (χ4n) is 1.93. The topological polar surface area (TPSA) is 113 Å². The van der Waals surface area contributed by atoms with Crippen molar-refractivity contribution in [3.05, 3.63) is 17.3 Å². The summed E-state index contributed by atoms with van der Waals surface area (Å²) in [5.74, 6) is 0.497. The molecule has 7 nitrogen and oxygen atoms in total. The van der Waals surface area contributed by atoms with E-state index in [1.165, 1.54) is 0 Å². The molecule has 0 bridgehead atoms. The SMILES string of the molecule is Nc1nc(Cl)c(NC=O)c(N[C@@H]2C=CC(CO)C2)n1. The minimum absolute atomic E-state index is 0.00489. The minimum atomic E-state index is -0.00489. The van der Waals surface area contributed by atoms with Gasteiger partial charge in [-0.3, -0.25) is 4.79 Å². The van der Waals surface area contributed by atoms with Crippen molar-refractivity contribution in [2.45, 2.75) is 12.5 Å². The van der Waals surface area contributed by atoms with Crippen LogP contribution in [-0.4, -0.2) is 34.1 Å². The summed E-state index contributed by atoms with van der Waals surface area (Å²) in [6.07, 6.45) is 5.08. The molecule has 102 valence electrons. The van der Waals surface area contributed by atoms with E-state index in [4.69, 9.17) is 22.4 Å². The molecule has 0 aliphatic heterocycles. The quantitative estimate of drug-likeness (QED) is 0.358. The van der Waals surface area contributed by atoms with Crippen LogP contribution in [0.15, 0.2) is 12.2 Å². The van der Waals surface area contributed by atoms with Crippen LogP contribution in [0.1, 0.15) is 6.42 Å². The second-order valence-electron chi connectivity index (χ2n) is 4.17. The van der Waals surface area contributed by atoms with E-state index in [1.54, 1.807) is 0 Å². The summed E-state index contributed by atoms with van der Waals surface area (Å²) in [7, 11) is 0. The highest BCUT2D eigenvalue weighted by atomic mass is 35.5. The van der Waals surface area contributed by atoms with E-state index in [0.717, 1.165) is 6.42 Å². The van der Waals surface area contributed by atoms with Crippen molar-refractivity contribution >= 4 is 35.5 Å². The van der Waals surface area contributed by atoms with E-state index < -0.39 is 0 Å². The van der Waals surface area contributed by atoms with Gasteiger partial charge in [-0.05, 0) is 6.42 Å². The molecule has 1 aromatic heterocycles. The Bertz CT molecular complexity index is 508. The van der Waals surface area contributed by atoms with E-state index in [9.17, 15) is 4.79 Å². The predicted octanol–water partition coefficient (Wildman–Crippen LogP) is 0.629. The number of carbonyl (C=O) groups excluding carboxylic acids is 1. The standard InChI is InChI=1S/C11H14ClN5O2/c12-9-8(14-5-19)10(17-11(13)16-9)15-7-2-1-6(3-7)4-18/h1-2,5-7,18H,3-4H2,(H,14,19)(H3,13,15,16,17)/t6?,7-/m1/s1. The first-order chi connectivity index (χ1) is 9.13. The first-order valence-electron chi connectivity index (χ1n) is 5.73. The van der Waals surface area contributed by atoms with Crippen LogP contribution in [0.5, 0.6) is 0 Å². The molecular formula is C11H14ClN5O2. The number of nitrogens with one attached hydrogen (secondary N) is 2. The maximum atomic E-state index is 10.6. The molecule has 5 N–H and O–H groups in total. The first kappa shape index (κ1) is 13.6. The Labute approximate surface area is 114 Å². The first-order valence-corrected chi connectivity index (χ1v) is 6.10. The molecule has 1 heterocycles. The van der Waals surface area contributed by atoms with E-state index >= 15 is 0 Å². The van der Waals surface area contributed by atoms with E-state index in [0.29, 0.717) is 12.2 Å². The average molecular weight is 284 g/mol. The summed E-state index contributed by atoms with van der Waals surface area (Å²) >= 11 is 5.90. The zero-order valence-electron chi connectivity index (χ0n) is 10.0. The normalized spacial score (nSPS) is 21.4. The number of nitrogens with zero attached hydrogens (tertiary/aromatic N) is 2. The zero-order chi connectivity index (χ0) is 13.8. The maximum Gasteiger partial charge on any atom is 0.223 e. The van der Waals surface area contributed by atoms with Gasteiger partial charge in [0, 0.05) is 18.6 Å². The lowest BCUT2D eigenvalue weighted by Gasteiger charge is -2.16. The van der Waals surface area contributed by atoms with E-state index in [-0.39, 0.29) is 35.4 Å². The Balaban J connectivity index is 2.19. The molecule has 19 heavy (non-hydrogen) atoms. The third-order valence-electron chi connectivity index (χ3n) is 2.81. The highest BCUT2D eigenvalue weighted by molar-refractivity contribution is 6.33. The number of rotatable bonds is 5. The highest BCUT2D eigenvalue weighted by Gasteiger charge is 2.20. The van der Waals surface area contributed by atoms with Crippen LogP contribution in [0.2, 0.25) is 5.15 Å². The third-order valence-corrected chi connectivity index (χ3v) is 3.09. The summed E-state index contributed by atoms with van der Waals surface area (Å²) in [6.45, 7) is 0.0980. The zero-order valence-corrected chi connectivity index (χ0v) is 10.8. The molecule has 0 saturated heterocycles. The number of halogens is 1. The molecule has 1 aliphatic rings. The van der Waals surface area contributed by atoms with Gasteiger partial charge in [0.2, 0.25) is 12.4 Å². The largest absolute Gasteiger partial charge is 0.396 e. The maximum absolute atomic E-state index is 10.6. The molecule has 0 spiro atoms. The number of nitrogens with two attached hydrogens (primary N) is 1. The second kappa shape index (κ2) is 5.85. The van der Waals surface area contributed by atoms with E-state index in [1.807, 2.05) is 12.2 Å². The fraction of sp³-hybridized carbons (Fsp3) is 0.364. The monoisotopic (exact) mass is 283 g/mol. The van der Waals surface area contributed by atoms with Crippen molar-refractivity contribution in [2.24, 2.45) is 5.92 Å². The Morgan fingerprint density at radius 1 is 1.53 bits per heavy atom. The van der Waals surface area contributed by atoms with Crippen molar-refractivity contribution in [2.75, 3.05) is 23.0 Å². The minimum Gasteiger partial charge on any atom is -0.396 e. The highest BCUT2D eigenvalue weighted by Crippen LogP contribution is 2.30. The van der Waals surface area contributed by atoms with Crippen LogP contribution < -0.4 is 16.4 Å². The Morgan fingerprint density at radius 3 is 2.95 bits per heavy atom. The van der Waals surface area contributed by atoms with Gasteiger partial charge >= 0.3 is 0 Å². The van der Waals surface area contributed by atoms with Gasteiger partial charge in [-0.25, -0.2) is 0 Å². The molecule has 2 atom stereocenters. The summed E-state index contributed by atoms with van der Waals surface area (Å²) in [6, 6.07) is -0.00489. The number of anilines is 3. The second-order valence-corrected chi connectivity index (χ2v) is 4.53. The lowest BCUT2D eigenvalue weighted by Crippen LogP contribution is -2.19. The average Bonchev–Trinajstić information content (AvgIpc) is 2.81. The van der Waals surface area contributed by atoms with Gasteiger partial charge in [-0.2, -0.15) is 9.97 Å². The molecule has 1 amide bonds. The van der Waals surface area contributed by atoms with Crippen molar-refractivity contribution in [3.63, 3.8) is 0 Å². The molecular weight excluding hydrogens is 270 g/mol. The number of nitrogen functional groups attached to an aromatic ring is 1. The number of carbonyl (C=O) groups is 1. The van der Waals surface area contributed by atoms with Crippen LogP contribution in [0, 0.1) is 5.92 Å². The molecule has 1 aromatic rings. The third kappa shape index (κ3) is 3.12. The van der Waals surface area contributed by atoms with Crippen molar-refractivity contribution in [3.8, 4) is 0 Å². The van der Waals surface area contributed by atoms with Crippen LogP contribution in [-0.2, 0) is 4.79 Å². The van der Waals surface area contributed by atoms with Gasteiger partial charge < -0.3 is 21.5 Å². The predicted molar refractivity (Wildman–Crippen MR) is 72.9 cm³/mol. The number of aliphatic hydroxyl groups excluding tert-OH is 1. The van der Waals surface area contributed by atoms with Gasteiger partial charge in [-0.1, -0.05) is 23.8 Å². The number of hydrogen-bond donors (Lipinski definition) is 4. The molecule has 2 rings (SSSR count). The van der Waals surface area contributed by atoms with Gasteiger partial charge in [0.25, 0.3) is 0 Å². The lowest BCUT2D eigenvalue weighted by molar-refractivity contribution is -0.105. The van der Waals surface area contributed by atoms with Gasteiger partial charge in [-0.15, -0.1) is 0 Å². The summed E-state index contributed by atoms with van der Waals surface area (Å²) in [5.41, 5.74) is 5.82. The summed E-state index contributed by atoms with van der Waals surface area (Å²) in [4.78, 5) is 18.4. The lowest BCUT2D eigenvalue weighted by atomic mass is 10.1. The number of aliphatic hydroxyl groups is 1. The Kier molecular flexibility index (Phi) is 4.18. The van der Waals surface area contributed by atoms with Gasteiger partial charge in [0.15, 0.2) is 11.0 Å². The fourth-order valence-corrected chi connectivity index (χ4v) is 2.16. The van der Waals surface area contributed by atoms with Crippen LogP contribution in [0.25, 0.3) is 0 Å². The summed E-state index contributed by atoms with van der Waals surface area (Å²) < 4.78 is 0. The molecule has 0 saturated carbocycles. The molecule has 8 heteroatoms. The van der Waals surface area contributed by atoms with Crippen LogP contribution in [0.3, 0.4) is 0 Å². The molecule has 0 fully saturated rings. The van der Waals surface area contributed by atoms with Crippen LogP contribution >= 0.6 is 11.6 Å². The summed E-state index contributed by atoms with van der Waals surface area (Å²) in [5, 5.41) is 14.7. The number of aromatic nitrogens is 2. The van der Waals surface area contributed by atoms with Crippen molar-refractivity contribution < 1.29 is 9.90 Å². The molecule has 0 aromatic carbocycles. The van der Waals surface area contributed by atoms with Crippen molar-refractivity contribution in [1.29, 1.82) is 0 Å². The van der Waals surface area contributed by atoms with Gasteiger partial charge in [0.05, 0.1) is 0 Å². The Hall–Kier alpha value is -1.86. The van der Waals surface area contributed by atoms with Crippen molar-refractivity contribution in [1.82, 2.24) is 9.97 Å². The number of amides is 1. The van der Waals surface area contributed by atoms with E-state index in [2.05, 4.69) is 20.6 Å². The molecule has 0 radical (unpaired) electrons. The number of hydrogen-bond acceptors (Lipinski definition) is 6.